The Morgan fingerprint density at radius 3 is 2.29 bits per heavy atom. The van der Waals surface area contributed by atoms with Crippen molar-refractivity contribution >= 4 is 15.9 Å². The Kier molecular flexibility index (Phi) is 2.62. The normalized spacial score (nSPS) is 13.3. The summed E-state index contributed by atoms with van der Waals surface area (Å²) >= 11 is 3.04. The monoisotopic (exact) mass is 296 g/mol. The molecule has 0 heterocycles. The number of methoxy groups -OCH3 is 1. The third-order valence-electron chi connectivity index (χ3n) is 2.11. The standard InChI is InChI=1S/C14H13BrO2/c1-16-13-6-2-11(3-7-13)10-17-14-8-4-12(15)5-9-14/h2-9H,10H2,1H3/i4D,5D,8D,9D. The Morgan fingerprint density at radius 2 is 1.71 bits per heavy atom. The number of hydrogen-bond donors (Lipinski definition) is 0. The van der Waals surface area contributed by atoms with Gasteiger partial charge in [-0.05, 0) is 41.9 Å². The summed E-state index contributed by atoms with van der Waals surface area (Å²) in [4.78, 5) is 0. The van der Waals surface area contributed by atoms with Gasteiger partial charge in [0.1, 0.15) is 18.1 Å². The first-order valence-corrected chi connectivity index (χ1v) is 5.76. The first-order chi connectivity index (χ1) is 9.95. The fraction of sp³-hybridized carbons (Fsp3) is 0.143. The summed E-state index contributed by atoms with van der Waals surface area (Å²) < 4.78 is 41.8. The minimum absolute atomic E-state index is 0.0518. The maximum absolute atomic E-state index is 7.84. The lowest BCUT2D eigenvalue weighted by Crippen LogP contribution is -1.95. The van der Waals surface area contributed by atoms with Crippen LogP contribution in [0.5, 0.6) is 11.5 Å². The molecule has 0 N–H and O–H groups in total. The molecule has 0 saturated heterocycles. The summed E-state index contributed by atoms with van der Waals surface area (Å²) in [6, 6.07) is 6.50. The van der Waals surface area contributed by atoms with Gasteiger partial charge in [-0.1, -0.05) is 28.1 Å². The first kappa shape index (κ1) is 7.77. The number of benzene rings is 2. The zero-order chi connectivity index (χ0) is 15.6. The Morgan fingerprint density at radius 1 is 1.06 bits per heavy atom. The van der Waals surface area contributed by atoms with Gasteiger partial charge in [-0.15, -0.1) is 0 Å². The molecule has 2 rings (SSSR count). The summed E-state index contributed by atoms with van der Waals surface area (Å²) in [6.45, 7) is 0.155. The van der Waals surface area contributed by atoms with E-state index in [1.807, 2.05) is 12.1 Å². The average molecular weight is 297 g/mol. The van der Waals surface area contributed by atoms with Crippen LogP contribution in [-0.2, 0) is 6.61 Å². The van der Waals surface area contributed by atoms with E-state index in [0.29, 0.717) is 0 Å². The summed E-state index contributed by atoms with van der Waals surface area (Å²) in [6.07, 6.45) is 0. The predicted octanol–water partition coefficient (Wildman–Crippen LogP) is 4.04. The van der Waals surface area contributed by atoms with Crippen LogP contribution in [0.2, 0.25) is 0 Å². The van der Waals surface area contributed by atoms with Crippen LogP contribution in [0.3, 0.4) is 0 Å². The van der Waals surface area contributed by atoms with E-state index in [1.165, 1.54) is 0 Å². The number of hydrogen-bond acceptors (Lipinski definition) is 2. The zero-order valence-corrected chi connectivity index (χ0v) is 10.8. The number of rotatable bonds is 4. The molecule has 0 saturated carbocycles. The van der Waals surface area contributed by atoms with E-state index in [2.05, 4.69) is 15.9 Å². The van der Waals surface area contributed by atoms with Gasteiger partial charge < -0.3 is 9.47 Å². The van der Waals surface area contributed by atoms with Gasteiger partial charge in [0.2, 0.25) is 0 Å². The van der Waals surface area contributed by atoms with Crippen LogP contribution in [-0.4, -0.2) is 7.11 Å². The van der Waals surface area contributed by atoms with E-state index >= 15 is 0 Å². The topological polar surface area (TPSA) is 18.5 Å². The maximum Gasteiger partial charge on any atom is 0.119 e. The molecule has 88 valence electrons. The van der Waals surface area contributed by atoms with Gasteiger partial charge >= 0.3 is 0 Å². The van der Waals surface area contributed by atoms with Gasteiger partial charge in [-0.25, -0.2) is 0 Å². The highest BCUT2D eigenvalue weighted by molar-refractivity contribution is 9.10. The average Bonchev–Trinajstić information content (AvgIpc) is 2.51. The summed E-state index contributed by atoms with van der Waals surface area (Å²) in [5, 5.41) is 0. The minimum Gasteiger partial charge on any atom is -0.497 e. The molecule has 0 unspecified atom stereocenters. The second-order valence-corrected chi connectivity index (χ2v) is 4.07. The lowest BCUT2D eigenvalue weighted by Gasteiger charge is -2.07. The maximum atomic E-state index is 7.84. The molecule has 0 atom stereocenters. The molecule has 2 aromatic rings. The van der Waals surface area contributed by atoms with E-state index in [-0.39, 0.29) is 41.0 Å². The van der Waals surface area contributed by atoms with Crippen LogP contribution in [0.1, 0.15) is 11.0 Å². The van der Waals surface area contributed by atoms with Crippen LogP contribution in [0.4, 0.5) is 0 Å². The van der Waals surface area contributed by atoms with Gasteiger partial charge in [0.15, 0.2) is 0 Å². The molecule has 0 aliphatic rings. The number of ether oxygens (including phenoxy) is 2. The van der Waals surface area contributed by atoms with Crippen molar-refractivity contribution in [1.29, 1.82) is 0 Å². The van der Waals surface area contributed by atoms with Crippen molar-refractivity contribution in [1.82, 2.24) is 0 Å². The molecule has 0 spiro atoms. The van der Waals surface area contributed by atoms with E-state index in [9.17, 15) is 0 Å². The van der Waals surface area contributed by atoms with Gasteiger partial charge in [0.25, 0.3) is 0 Å². The SMILES string of the molecule is [2H]c1c([2H])c(OCc2ccc(OC)cc2)c([2H])c([2H])c1Br. The molecular weight excluding hydrogens is 280 g/mol. The van der Waals surface area contributed by atoms with E-state index < -0.39 is 0 Å². The fourth-order valence-electron chi connectivity index (χ4n) is 1.24. The van der Waals surface area contributed by atoms with Crippen molar-refractivity contribution in [2.45, 2.75) is 6.61 Å². The second kappa shape index (κ2) is 5.73. The fourth-order valence-corrected chi connectivity index (χ4v) is 1.43. The van der Waals surface area contributed by atoms with Crippen molar-refractivity contribution in [3.05, 3.63) is 58.5 Å². The van der Waals surface area contributed by atoms with Crippen LogP contribution in [0, 0.1) is 0 Å². The minimum atomic E-state index is -0.198. The lowest BCUT2D eigenvalue weighted by molar-refractivity contribution is 0.306. The molecular formula is C14H13BrO2. The van der Waals surface area contributed by atoms with E-state index in [1.54, 1.807) is 19.2 Å². The van der Waals surface area contributed by atoms with Gasteiger partial charge in [0.05, 0.1) is 12.6 Å². The molecule has 0 aliphatic carbocycles. The molecule has 0 amide bonds. The molecule has 0 fully saturated rings. The zero-order valence-electron chi connectivity index (χ0n) is 13.2. The first-order valence-electron chi connectivity index (χ1n) is 6.97. The molecule has 17 heavy (non-hydrogen) atoms. The molecule has 2 aromatic carbocycles. The predicted molar refractivity (Wildman–Crippen MR) is 71.5 cm³/mol. The highest BCUT2D eigenvalue weighted by atomic mass is 79.9. The Labute approximate surface area is 115 Å². The number of halogens is 1. The van der Waals surface area contributed by atoms with Crippen LogP contribution in [0.25, 0.3) is 0 Å². The van der Waals surface area contributed by atoms with Crippen LogP contribution in [0.15, 0.2) is 52.9 Å². The van der Waals surface area contributed by atoms with E-state index in [4.69, 9.17) is 15.0 Å². The van der Waals surface area contributed by atoms with Crippen molar-refractivity contribution < 1.29 is 15.0 Å². The van der Waals surface area contributed by atoms with Gasteiger partial charge in [0, 0.05) is 4.47 Å². The second-order valence-electron chi connectivity index (χ2n) is 3.28. The Hall–Kier alpha value is -1.48. The van der Waals surface area contributed by atoms with Crippen molar-refractivity contribution in [2.24, 2.45) is 0 Å². The summed E-state index contributed by atoms with van der Waals surface area (Å²) in [5.41, 5.74) is 0.843. The van der Waals surface area contributed by atoms with Gasteiger partial charge in [-0.2, -0.15) is 0 Å². The molecule has 2 nitrogen and oxygen atoms in total. The Balaban J connectivity index is 2.23. The molecule has 3 heteroatoms. The van der Waals surface area contributed by atoms with Crippen molar-refractivity contribution in [2.75, 3.05) is 7.11 Å². The smallest absolute Gasteiger partial charge is 0.119 e. The lowest BCUT2D eigenvalue weighted by atomic mass is 10.2. The van der Waals surface area contributed by atoms with Crippen LogP contribution < -0.4 is 9.47 Å². The van der Waals surface area contributed by atoms with Crippen LogP contribution >= 0.6 is 15.9 Å². The van der Waals surface area contributed by atoms with Gasteiger partial charge in [-0.3, -0.25) is 0 Å². The molecule has 0 bridgehead atoms. The van der Waals surface area contributed by atoms with Crippen molar-refractivity contribution in [3.8, 4) is 11.5 Å². The third-order valence-corrected chi connectivity index (χ3v) is 2.51. The third kappa shape index (κ3) is 3.49. The Bertz CT molecular complexity index is 630. The highest BCUT2D eigenvalue weighted by Gasteiger charge is 1.97. The van der Waals surface area contributed by atoms with E-state index in [0.717, 1.165) is 11.3 Å². The molecule has 0 aromatic heterocycles. The highest BCUT2D eigenvalue weighted by Crippen LogP contribution is 2.18. The summed E-state index contributed by atoms with van der Waals surface area (Å²) in [5.74, 6) is 0.677. The summed E-state index contributed by atoms with van der Waals surface area (Å²) in [7, 11) is 1.58. The molecule has 0 aliphatic heterocycles. The molecule has 0 radical (unpaired) electrons. The quantitative estimate of drug-likeness (QED) is 0.848. The van der Waals surface area contributed by atoms with Crippen molar-refractivity contribution in [3.63, 3.8) is 0 Å². The largest absolute Gasteiger partial charge is 0.497 e.